The molecule has 0 nitrogen and oxygen atoms in total. The van der Waals surface area contributed by atoms with Crippen LogP contribution >= 0.6 is 50.5 Å². The molecule has 1 aromatic carbocycles. The van der Waals surface area contributed by atoms with Crippen molar-refractivity contribution in [3.8, 4) is 0 Å². The number of alkyl halides is 1. The maximum absolute atomic E-state index is 13.4. The molecule has 0 N–H and O–H groups in total. The van der Waals surface area contributed by atoms with Gasteiger partial charge in [0.2, 0.25) is 0 Å². The lowest BCUT2D eigenvalue weighted by Gasteiger charge is -2.08. The Balaban J connectivity index is 2.36. The molecule has 1 heterocycles. The first-order valence-corrected chi connectivity index (χ1v) is 7.26. The Morgan fingerprint density at radius 1 is 1.35 bits per heavy atom. The smallest absolute Gasteiger partial charge is 0.137 e. The Morgan fingerprint density at radius 3 is 2.59 bits per heavy atom. The van der Waals surface area contributed by atoms with E-state index in [-0.39, 0.29) is 11.2 Å². The molecule has 2 rings (SSSR count). The van der Waals surface area contributed by atoms with Gasteiger partial charge in [-0.3, -0.25) is 0 Å². The van der Waals surface area contributed by atoms with Crippen molar-refractivity contribution in [2.45, 2.75) is 12.3 Å². The van der Waals surface area contributed by atoms with Gasteiger partial charge in [-0.15, -0.1) is 22.9 Å². The molecule has 0 saturated carbocycles. The lowest BCUT2D eigenvalue weighted by atomic mass is 10.1. The van der Waals surface area contributed by atoms with E-state index >= 15 is 0 Å². The van der Waals surface area contributed by atoms with E-state index in [0.717, 1.165) is 20.3 Å². The van der Waals surface area contributed by atoms with Crippen molar-refractivity contribution < 1.29 is 4.39 Å². The van der Waals surface area contributed by atoms with E-state index in [4.69, 9.17) is 23.2 Å². The van der Waals surface area contributed by atoms with E-state index < -0.39 is 0 Å². The molecule has 0 aliphatic carbocycles. The van der Waals surface area contributed by atoms with Gasteiger partial charge in [0.25, 0.3) is 0 Å². The molecule has 90 valence electrons. The van der Waals surface area contributed by atoms with Crippen molar-refractivity contribution >= 4 is 50.5 Å². The highest BCUT2D eigenvalue weighted by molar-refractivity contribution is 9.10. The van der Waals surface area contributed by atoms with Crippen molar-refractivity contribution in [1.29, 1.82) is 0 Å². The van der Waals surface area contributed by atoms with Gasteiger partial charge in [-0.25, -0.2) is 4.39 Å². The highest BCUT2D eigenvalue weighted by atomic mass is 79.9. The van der Waals surface area contributed by atoms with Crippen molar-refractivity contribution in [1.82, 2.24) is 0 Å². The molecule has 0 saturated heterocycles. The normalized spacial score (nSPS) is 12.8. The Bertz CT molecular complexity index is 534. The van der Waals surface area contributed by atoms with Gasteiger partial charge in [-0.05, 0) is 52.2 Å². The van der Waals surface area contributed by atoms with Gasteiger partial charge in [0.15, 0.2) is 0 Å². The number of aryl methyl sites for hydroxylation is 1. The van der Waals surface area contributed by atoms with Crippen LogP contribution in [-0.4, -0.2) is 0 Å². The number of thiophene rings is 1. The first-order chi connectivity index (χ1) is 7.99. The van der Waals surface area contributed by atoms with Crippen LogP contribution in [0.5, 0.6) is 0 Å². The highest BCUT2D eigenvalue weighted by Gasteiger charge is 2.16. The number of rotatable bonds is 2. The maximum Gasteiger partial charge on any atom is 0.137 e. The first-order valence-electron chi connectivity index (χ1n) is 4.84. The number of hydrogen-bond donors (Lipinski definition) is 0. The third-order valence-corrected chi connectivity index (χ3v) is 5.24. The van der Waals surface area contributed by atoms with E-state index in [1.165, 1.54) is 17.4 Å². The van der Waals surface area contributed by atoms with Crippen LogP contribution in [0.3, 0.4) is 0 Å². The summed E-state index contributed by atoms with van der Waals surface area (Å²) in [6.45, 7) is 1.92. The zero-order chi connectivity index (χ0) is 12.6. The fraction of sp³-hybridized carbons (Fsp3) is 0.167. The zero-order valence-corrected chi connectivity index (χ0v) is 12.7. The van der Waals surface area contributed by atoms with Crippen molar-refractivity contribution in [3.05, 3.63) is 54.9 Å². The second kappa shape index (κ2) is 5.27. The summed E-state index contributed by atoms with van der Waals surface area (Å²) in [5.74, 6) is -0.312. The fourth-order valence-electron chi connectivity index (χ4n) is 1.44. The SMILES string of the molecule is Cc1cc(C(Cl)c2ccc(Br)c(F)c2)sc1Cl. The minimum atomic E-state index is -0.367. The number of hydrogen-bond acceptors (Lipinski definition) is 1. The average molecular weight is 354 g/mol. The molecule has 2 aromatic rings. The van der Waals surface area contributed by atoms with Gasteiger partial charge in [0.05, 0.1) is 14.2 Å². The van der Waals surface area contributed by atoms with E-state index in [0.29, 0.717) is 4.47 Å². The molecular weight excluding hydrogens is 346 g/mol. The molecule has 0 bridgehead atoms. The monoisotopic (exact) mass is 352 g/mol. The van der Waals surface area contributed by atoms with Gasteiger partial charge in [-0.1, -0.05) is 17.7 Å². The van der Waals surface area contributed by atoms with Crippen LogP contribution in [0.25, 0.3) is 0 Å². The third-order valence-electron chi connectivity index (χ3n) is 2.36. The average Bonchev–Trinajstić information content (AvgIpc) is 2.62. The summed E-state index contributed by atoms with van der Waals surface area (Å²) in [5, 5.41) is -0.367. The number of benzene rings is 1. The Kier molecular flexibility index (Phi) is 4.14. The van der Waals surface area contributed by atoms with Crippen LogP contribution < -0.4 is 0 Å². The highest BCUT2D eigenvalue weighted by Crippen LogP contribution is 2.38. The molecule has 0 aliphatic rings. The standard InChI is InChI=1S/C12H8BrCl2FS/c1-6-4-10(17-12(6)15)11(14)7-2-3-8(13)9(16)5-7/h2-5,11H,1H3. The number of halogens is 4. The van der Waals surface area contributed by atoms with Crippen molar-refractivity contribution in [2.75, 3.05) is 0 Å². The quantitative estimate of drug-likeness (QED) is 0.586. The van der Waals surface area contributed by atoms with Crippen LogP contribution in [0.1, 0.15) is 21.4 Å². The summed E-state index contributed by atoms with van der Waals surface area (Å²) in [7, 11) is 0. The Labute approximate surface area is 121 Å². The molecular formula is C12H8BrCl2FS. The van der Waals surface area contributed by atoms with Gasteiger partial charge in [0, 0.05) is 4.88 Å². The van der Waals surface area contributed by atoms with Crippen molar-refractivity contribution in [2.24, 2.45) is 0 Å². The van der Waals surface area contributed by atoms with Gasteiger partial charge in [-0.2, -0.15) is 0 Å². The molecule has 0 spiro atoms. The third kappa shape index (κ3) is 2.84. The lowest BCUT2D eigenvalue weighted by Crippen LogP contribution is -1.91. The van der Waals surface area contributed by atoms with Crippen molar-refractivity contribution in [3.63, 3.8) is 0 Å². The molecule has 0 fully saturated rings. The summed E-state index contributed by atoms with van der Waals surface area (Å²) in [6, 6.07) is 6.82. The minimum absolute atomic E-state index is 0.312. The fourth-order valence-corrected chi connectivity index (χ4v) is 3.25. The van der Waals surface area contributed by atoms with Gasteiger partial charge >= 0.3 is 0 Å². The maximum atomic E-state index is 13.4. The van der Waals surface area contributed by atoms with Crippen LogP contribution in [0, 0.1) is 12.7 Å². The molecule has 0 aliphatic heterocycles. The van der Waals surface area contributed by atoms with Crippen LogP contribution in [0.2, 0.25) is 4.34 Å². The molecule has 0 amide bonds. The molecule has 1 aromatic heterocycles. The zero-order valence-electron chi connectivity index (χ0n) is 8.81. The van der Waals surface area contributed by atoms with E-state index in [1.807, 2.05) is 13.0 Å². The Hall–Kier alpha value is -0.0900. The first kappa shape index (κ1) is 13.3. The minimum Gasteiger partial charge on any atom is -0.206 e. The lowest BCUT2D eigenvalue weighted by molar-refractivity contribution is 0.619. The molecule has 0 radical (unpaired) electrons. The summed E-state index contributed by atoms with van der Waals surface area (Å²) in [5.41, 5.74) is 1.72. The molecule has 1 unspecified atom stereocenters. The second-order valence-electron chi connectivity index (χ2n) is 3.64. The van der Waals surface area contributed by atoms with E-state index in [9.17, 15) is 4.39 Å². The van der Waals surface area contributed by atoms with Crippen LogP contribution in [0.15, 0.2) is 28.7 Å². The largest absolute Gasteiger partial charge is 0.206 e. The second-order valence-corrected chi connectivity index (χ2v) is 6.62. The predicted octanol–water partition coefficient (Wildman–Crippen LogP) is 5.94. The topological polar surface area (TPSA) is 0 Å². The summed E-state index contributed by atoms with van der Waals surface area (Å²) in [6.07, 6.45) is 0. The van der Waals surface area contributed by atoms with E-state index in [1.54, 1.807) is 12.1 Å². The molecule has 5 heteroatoms. The summed E-state index contributed by atoms with van der Waals surface area (Å²) < 4.78 is 14.6. The van der Waals surface area contributed by atoms with Gasteiger partial charge < -0.3 is 0 Å². The molecule has 1 atom stereocenters. The van der Waals surface area contributed by atoms with E-state index in [2.05, 4.69) is 15.9 Å². The molecule has 17 heavy (non-hydrogen) atoms. The van der Waals surface area contributed by atoms with Gasteiger partial charge in [0.1, 0.15) is 5.82 Å². The predicted molar refractivity (Wildman–Crippen MR) is 75.9 cm³/mol. The van der Waals surface area contributed by atoms with Crippen LogP contribution in [-0.2, 0) is 0 Å². The Morgan fingerprint density at radius 2 is 2.06 bits per heavy atom. The summed E-state index contributed by atoms with van der Waals surface area (Å²) in [4.78, 5) is 0.927. The van der Waals surface area contributed by atoms with Crippen LogP contribution in [0.4, 0.5) is 4.39 Å². The summed E-state index contributed by atoms with van der Waals surface area (Å²) >= 11 is 16.8.